The normalized spacial score (nSPS) is 19.8. The van der Waals surface area contributed by atoms with Crippen molar-refractivity contribution >= 4 is 11.8 Å². The average molecular weight is 470 g/mol. The molecule has 2 aromatic rings. The van der Waals surface area contributed by atoms with Crippen LogP contribution in [0.5, 0.6) is 5.75 Å². The zero-order valence-corrected chi connectivity index (χ0v) is 20.6. The first-order valence-electron chi connectivity index (χ1n) is 12.0. The number of aromatic nitrogens is 2. The van der Waals surface area contributed by atoms with Crippen LogP contribution in [0.25, 0.3) is 11.4 Å². The summed E-state index contributed by atoms with van der Waals surface area (Å²) in [6.07, 6.45) is 1.73. The van der Waals surface area contributed by atoms with Crippen LogP contribution in [0.1, 0.15) is 39.5 Å². The minimum Gasteiger partial charge on any atom is -0.497 e. The third-order valence-corrected chi connectivity index (χ3v) is 6.56. The van der Waals surface area contributed by atoms with E-state index in [4.69, 9.17) is 9.26 Å². The van der Waals surface area contributed by atoms with Crippen molar-refractivity contribution < 1.29 is 18.8 Å². The maximum atomic E-state index is 13.2. The van der Waals surface area contributed by atoms with Crippen molar-refractivity contribution in [3.63, 3.8) is 0 Å². The van der Waals surface area contributed by atoms with E-state index < -0.39 is 5.41 Å². The molecule has 0 bridgehead atoms. The second-order valence-corrected chi connectivity index (χ2v) is 10.2. The number of carbonyl (C=O) groups excluding carboxylic acids is 2. The van der Waals surface area contributed by atoms with E-state index in [0.29, 0.717) is 37.9 Å². The molecule has 4 rings (SSSR count). The Balaban J connectivity index is 1.27. The fraction of sp³-hybridized carbons (Fsp3) is 0.600. The molecule has 9 heteroatoms. The molecule has 0 spiro atoms. The molecule has 2 saturated heterocycles. The van der Waals surface area contributed by atoms with Gasteiger partial charge in [-0.3, -0.25) is 14.5 Å². The number of likely N-dealkylation sites (tertiary alicyclic amines) is 1. The van der Waals surface area contributed by atoms with Gasteiger partial charge in [0, 0.05) is 50.2 Å². The van der Waals surface area contributed by atoms with Crippen molar-refractivity contribution in [3.8, 4) is 17.1 Å². The summed E-state index contributed by atoms with van der Waals surface area (Å²) in [5.74, 6) is 2.09. The Morgan fingerprint density at radius 1 is 1.06 bits per heavy atom. The number of hydrogen-bond acceptors (Lipinski definition) is 7. The van der Waals surface area contributed by atoms with Crippen LogP contribution in [-0.2, 0) is 16.1 Å². The second-order valence-electron chi connectivity index (χ2n) is 10.2. The Kier molecular flexibility index (Phi) is 7.21. The van der Waals surface area contributed by atoms with Gasteiger partial charge in [0.25, 0.3) is 0 Å². The molecular formula is C25H35N5O4. The minimum absolute atomic E-state index is 0.102. The first kappa shape index (κ1) is 24.2. The van der Waals surface area contributed by atoms with Crippen molar-refractivity contribution in [2.75, 3.05) is 46.4 Å². The topological polar surface area (TPSA) is 92.0 Å². The van der Waals surface area contributed by atoms with E-state index in [9.17, 15) is 9.59 Å². The molecule has 0 N–H and O–H groups in total. The summed E-state index contributed by atoms with van der Waals surface area (Å²) in [5, 5.41) is 4.10. The number of methoxy groups -OCH3 is 1. The lowest BCUT2D eigenvalue weighted by molar-refractivity contribution is -0.146. The standard InChI is InChI=1S/C25H35N5O4/c1-25(2,3)24(32)30-11-5-6-19(16-30)23(31)29-14-12-28(13-15-29)17-21-26-22(27-34-21)18-7-9-20(33-4)10-8-18/h7-10,19H,5-6,11-17H2,1-4H3. The van der Waals surface area contributed by atoms with E-state index >= 15 is 0 Å². The van der Waals surface area contributed by atoms with Gasteiger partial charge in [0.1, 0.15) is 5.75 Å². The fourth-order valence-corrected chi connectivity index (χ4v) is 4.59. The average Bonchev–Trinajstić information content (AvgIpc) is 3.31. The van der Waals surface area contributed by atoms with Crippen molar-refractivity contribution in [2.24, 2.45) is 11.3 Å². The van der Waals surface area contributed by atoms with Crippen LogP contribution in [0.4, 0.5) is 0 Å². The minimum atomic E-state index is -0.418. The Hall–Kier alpha value is -2.94. The third-order valence-electron chi connectivity index (χ3n) is 6.56. The highest BCUT2D eigenvalue weighted by Crippen LogP contribution is 2.25. The lowest BCUT2D eigenvalue weighted by atomic mass is 9.90. The van der Waals surface area contributed by atoms with Gasteiger partial charge >= 0.3 is 0 Å². The zero-order valence-electron chi connectivity index (χ0n) is 20.6. The molecule has 34 heavy (non-hydrogen) atoms. The quantitative estimate of drug-likeness (QED) is 0.665. The highest BCUT2D eigenvalue weighted by molar-refractivity contribution is 5.84. The van der Waals surface area contributed by atoms with E-state index in [1.54, 1.807) is 7.11 Å². The van der Waals surface area contributed by atoms with Crippen LogP contribution < -0.4 is 4.74 Å². The number of rotatable bonds is 5. The van der Waals surface area contributed by atoms with E-state index in [-0.39, 0.29) is 17.7 Å². The van der Waals surface area contributed by atoms with Crippen molar-refractivity contribution in [3.05, 3.63) is 30.2 Å². The number of hydrogen-bond donors (Lipinski definition) is 0. The molecule has 1 unspecified atom stereocenters. The van der Waals surface area contributed by atoms with Gasteiger partial charge in [-0.1, -0.05) is 25.9 Å². The number of carbonyl (C=O) groups is 2. The van der Waals surface area contributed by atoms with Crippen LogP contribution >= 0.6 is 0 Å². The Morgan fingerprint density at radius 2 is 1.76 bits per heavy atom. The van der Waals surface area contributed by atoms with Crippen LogP contribution in [-0.4, -0.2) is 83.0 Å². The van der Waals surface area contributed by atoms with E-state index in [1.165, 1.54) is 0 Å². The van der Waals surface area contributed by atoms with E-state index in [1.807, 2.05) is 54.8 Å². The van der Waals surface area contributed by atoms with Crippen molar-refractivity contribution in [1.29, 1.82) is 0 Å². The first-order chi connectivity index (χ1) is 16.2. The molecule has 3 heterocycles. The van der Waals surface area contributed by atoms with Gasteiger partial charge < -0.3 is 19.1 Å². The molecule has 2 fully saturated rings. The molecule has 0 saturated carbocycles. The van der Waals surface area contributed by atoms with Crippen LogP contribution in [0, 0.1) is 11.3 Å². The molecular weight excluding hydrogens is 434 g/mol. The lowest BCUT2D eigenvalue weighted by Crippen LogP contribution is -2.53. The highest BCUT2D eigenvalue weighted by atomic mass is 16.5. The summed E-state index contributed by atoms with van der Waals surface area (Å²) >= 11 is 0. The number of ether oxygens (including phenoxy) is 1. The predicted octanol–water partition coefficient (Wildman–Crippen LogP) is 2.67. The predicted molar refractivity (Wildman–Crippen MR) is 127 cm³/mol. The Labute approximate surface area is 201 Å². The Bertz CT molecular complexity index is 989. The van der Waals surface area contributed by atoms with Gasteiger partial charge in [-0.15, -0.1) is 0 Å². The number of nitrogens with zero attached hydrogens (tertiary/aromatic N) is 5. The third kappa shape index (κ3) is 5.58. The van der Waals surface area contributed by atoms with Gasteiger partial charge in [-0.25, -0.2) is 0 Å². The number of piperidine rings is 1. The molecule has 1 aromatic carbocycles. The number of benzene rings is 1. The molecule has 0 radical (unpaired) electrons. The van der Waals surface area contributed by atoms with Gasteiger partial charge in [0.05, 0.1) is 19.6 Å². The van der Waals surface area contributed by atoms with Crippen LogP contribution in [0.15, 0.2) is 28.8 Å². The smallest absolute Gasteiger partial charge is 0.241 e. The lowest BCUT2D eigenvalue weighted by Gasteiger charge is -2.40. The highest BCUT2D eigenvalue weighted by Gasteiger charge is 2.35. The number of piperazine rings is 1. The van der Waals surface area contributed by atoms with E-state index in [2.05, 4.69) is 15.0 Å². The molecule has 2 aliphatic heterocycles. The summed E-state index contributed by atoms with van der Waals surface area (Å²) in [6.45, 7) is 10.5. The molecule has 9 nitrogen and oxygen atoms in total. The van der Waals surface area contributed by atoms with Crippen LogP contribution in [0.2, 0.25) is 0 Å². The molecule has 184 valence electrons. The van der Waals surface area contributed by atoms with Crippen LogP contribution in [0.3, 0.4) is 0 Å². The molecule has 0 aliphatic carbocycles. The van der Waals surface area contributed by atoms with E-state index in [0.717, 1.165) is 43.8 Å². The number of amides is 2. The maximum Gasteiger partial charge on any atom is 0.241 e. The van der Waals surface area contributed by atoms with Crippen molar-refractivity contribution in [2.45, 2.75) is 40.2 Å². The molecule has 2 aliphatic rings. The largest absolute Gasteiger partial charge is 0.497 e. The maximum absolute atomic E-state index is 13.2. The van der Waals surface area contributed by atoms with Gasteiger partial charge in [-0.2, -0.15) is 4.98 Å². The fourth-order valence-electron chi connectivity index (χ4n) is 4.59. The van der Waals surface area contributed by atoms with Crippen molar-refractivity contribution in [1.82, 2.24) is 24.8 Å². The first-order valence-corrected chi connectivity index (χ1v) is 12.0. The molecule has 1 atom stereocenters. The second kappa shape index (κ2) is 10.1. The summed E-state index contributed by atoms with van der Waals surface area (Å²) in [7, 11) is 1.63. The molecule has 1 aromatic heterocycles. The van der Waals surface area contributed by atoms with Gasteiger partial charge in [0.2, 0.25) is 23.5 Å². The summed E-state index contributed by atoms with van der Waals surface area (Å²) in [5.41, 5.74) is 0.455. The van der Waals surface area contributed by atoms with Gasteiger partial charge in [0.15, 0.2) is 0 Å². The summed E-state index contributed by atoms with van der Waals surface area (Å²) in [6, 6.07) is 7.54. The Morgan fingerprint density at radius 3 is 2.41 bits per heavy atom. The summed E-state index contributed by atoms with van der Waals surface area (Å²) in [4.78, 5) is 36.4. The SMILES string of the molecule is COc1ccc(-c2noc(CN3CCN(C(=O)C4CCCN(C(=O)C(C)(C)C)C4)CC3)n2)cc1. The zero-order chi connectivity index (χ0) is 24.3. The monoisotopic (exact) mass is 469 g/mol. The summed E-state index contributed by atoms with van der Waals surface area (Å²) < 4.78 is 10.6. The van der Waals surface area contributed by atoms with Gasteiger partial charge in [-0.05, 0) is 37.1 Å². The molecule has 2 amide bonds.